The van der Waals surface area contributed by atoms with Crippen LogP contribution < -0.4 is 0 Å². The SMILES string of the molecule is CCCC(=O)/C=C(\O)C(C)OC.[Ag]. The minimum absolute atomic E-state index is 0. The second-order valence-electron chi connectivity index (χ2n) is 2.66. The monoisotopic (exact) mass is 279 g/mol. The van der Waals surface area contributed by atoms with E-state index in [9.17, 15) is 9.90 Å². The maximum atomic E-state index is 11.0. The van der Waals surface area contributed by atoms with Crippen LogP contribution in [0, 0.1) is 0 Å². The first-order valence-electron chi connectivity index (χ1n) is 4.08. The fourth-order valence-corrected chi connectivity index (χ4v) is 0.722. The third-order valence-corrected chi connectivity index (χ3v) is 1.58. The van der Waals surface area contributed by atoms with Gasteiger partial charge in [-0.3, -0.25) is 4.79 Å². The van der Waals surface area contributed by atoms with Gasteiger partial charge in [-0.1, -0.05) is 6.92 Å². The van der Waals surface area contributed by atoms with Gasteiger partial charge in [-0.2, -0.15) is 0 Å². The van der Waals surface area contributed by atoms with Crippen molar-refractivity contribution < 1.29 is 37.0 Å². The van der Waals surface area contributed by atoms with E-state index in [0.717, 1.165) is 6.42 Å². The molecule has 0 spiro atoms. The maximum Gasteiger partial charge on any atom is 0.159 e. The Morgan fingerprint density at radius 3 is 2.54 bits per heavy atom. The van der Waals surface area contributed by atoms with Crippen LogP contribution in [0.5, 0.6) is 0 Å². The van der Waals surface area contributed by atoms with Gasteiger partial charge in [0.1, 0.15) is 11.9 Å². The first-order valence-corrected chi connectivity index (χ1v) is 4.08. The fraction of sp³-hybridized carbons (Fsp3) is 0.667. The first-order chi connectivity index (χ1) is 5.61. The molecule has 3 nitrogen and oxygen atoms in total. The van der Waals surface area contributed by atoms with Crippen molar-refractivity contribution in [2.45, 2.75) is 32.8 Å². The average Bonchev–Trinajstić information content (AvgIpc) is 2.03. The number of aliphatic hydroxyl groups is 1. The average molecular weight is 280 g/mol. The molecule has 13 heavy (non-hydrogen) atoms. The Morgan fingerprint density at radius 2 is 2.15 bits per heavy atom. The number of ketones is 1. The van der Waals surface area contributed by atoms with Crippen molar-refractivity contribution in [2.75, 3.05) is 7.11 Å². The Hall–Kier alpha value is -0.0897. The number of allylic oxidation sites excluding steroid dienone is 1. The van der Waals surface area contributed by atoms with E-state index in [0.29, 0.717) is 6.42 Å². The summed E-state index contributed by atoms with van der Waals surface area (Å²) in [6.45, 7) is 3.60. The molecule has 1 atom stereocenters. The minimum atomic E-state index is -0.397. The number of hydrogen-bond acceptors (Lipinski definition) is 3. The van der Waals surface area contributed by atoms with Gasteiger partial charge in [0.05, 0.1) is 0 Å². The van der Waals surface area contributed by atoms with Crippen LogP contribution in [0.3, 0.4) is 0 Å². The molecule has 0 fully saturated rings. The molecule has 0 rings (SSSR count). The molecule has 1 N–H and O–H groups in total. The van der Waals surface area contributed by atoms with Gasteiger partial charge in [-0.15, -0.1) is 0 Å². The van der Waals surface area contributed by atoms with Crippen molar-refractivity contribution in [3.63, 3.8) is 0 Å². The molecule has 0 aliphatic heterocycles. The van der Waals surface area contributed by atoms with E-state index in [-0.39, 0.29) is 33.9 Å². The third-order valence-electron chi connectivity index (χ3n) is 1.58. The summed E-state index contributed by atoms with van der Waals surface area (Å²) in [7, 11) is 1.49. The van der Waals surface area contributed by atoms with Crippen LogP contribution in [0.2, 0.25) is 0 Å². The molecule has 0 amide bonds. The summed E-state index contributed by atoms with van der Waals surface area (Å²) in [5, 5.41) is 9.23. The van der Waals surface area contributed by atoms with E-state index in [1.165, 1.54) is 13.2 Å². The van der Waals surface area contributed by atoms with E-state index in [1.54, 1.807) is 6.92 Å². The summed E-state index contributed by atoms with van der Waals surface area (Å²) in [4.78, 5) is 11.0. The normalized spacial score (nSPS) is 13.3. The van der Waals surface area contributed by atoms with Gasteiger partial charge in [0.2, 0.25) is 0 Å². The van der Waals surface area contributed by atoms with Crippen LogP contribution in [0.1, 0.15) is 26.7 Å². The molecule has 1 radical (unpaired) electrons. The minimum Gasteiger partial charge on any atom is -0.509 e. The Labute approximate surface area is 94.7 Å². The van der Waals surface area contributed by atoms with Gasteiger partial charge in [-0.05, 0) is 13.3 Å². The zero-order chi connectivity index (χ0) is 9.56. The fourth-order valence-electron chi connectivity index (χ4n) is 0.722. The summed E-state index contributed by atoms with van der Waals surface area (Å²) in [5.41, 5.74) is 0. The predicted octanol–water partition coefficient (Wildman–Crippen LogP) is 1.83. The molecule has 0 aliphatic rings. The van der Waals surface area contributed by atoms with Crippen molar-refractivity contribution in [1.82, 2.24) is 0 Å². The standard InChI is InChI=1S/C9H16O3.Ag/c1-4-5-8(10)6-9(11)7(2)12-3;/h6-7,11H,4-5H2,1-3H3;/b9-6-;. The van der Waals surface area contributed by atoms with Crippen LogP contribution in [-0.2, 0) is 31.9 Å². The van der Waals surface area contributed by atoms with E-state index < -0.39 is 6.10 Å². The number of hydrogen-bond donors (Lipinski definition) is 1. The Bertz CT molecular complexity index is 178. The summed E-state index contributed by atoms with van der Waals surface area (Å²) < 4.78 is 4.82. The molecule has 0 saturated heterocycles. The van der Waals surface area contributed by atoms with Crippen molar-refractivity contribution in [2.24, 2.45) is 0 Å². The summed E-state index contributed by atoms with van der Waals surface area (Å²) in [6.07, 6.45) is 2.10. The smallest absolute Gasteiger partial charge is 0.159 e. The number of ether oxygens (including phenoxy) is 1. The summed E-state index contributed by atoms with van der Waals surface area (Å²) in [6, 6.07) is 0. The molecular formula is C9H16AgO3. The van der Waals surface area contributed by atoms with Crippen LogP contribution in [0.4, 0.5) is 0 Å². The second kappa shape index (κ2) is 8.51. The zero-order valence-corrected chi connectivity index (χ0v) is 9.62. The van der Waals surface area contributed by atoms with Gasteiger partial charge in [-0.25, -0.2) is 0 Å². The second-order valence-corrected chi connectivity index (χ2v) is 2.66. The van der Waals surface area contributed by atoms with E-state index in [4.69, 9.17) is 4.74 Å². The van der Waals surface area contributed by atoms with Crippen molar-refractivity contribution >= 4 is 5.78 Å². The molecule has 0 aromatic rings. The molecule has 4 heteroatoms. The van der Waals surface area contributed by atoms with Gasteiger partial charge >= 0.3 is 0 Å². The number of rotatable bonds is 5. The van der Waals surface area contributed by atoms with Gasteiger partial charge in [0.25, 0.3) is 0 Å². The van der Waals surface area contributed by atoms with Crippen LogP contribution in [0.15, 0.2) is 11.8 Å². The molecular weight excluding hydrogens is 264 g/mol. The van der Waals surface area contributed by atoms with Crippen molar-refractivity contribution in [1.29, 1.82) is 0 Å². The molecule has 81 valence electrons. The molecule has 0 heterocycles. The molecule has 0 aromatic heterocycles. The van der Waals surface area contributed by atoms with E-state index >= 15 is 0 Å². The maximum absolute atomic E-state index is 11.0. The summed E-state index contributed by atoms with van der Waals surface area (Å²) >= 11 is 0. The van der Waals surface area contributed by atoms with E-state index in [2.05, 4.69) is 0 Å². The van der Waals surface area contributed by atoms with Crippen molar-refractivity contribution in [3.05, 3.63) is 11.8 Å². The van der Waals surface area contributed by atoms with Gasteiger partial charge in [0.15, 0.2) is 5.78 Å². The largest absolute Gasteiger partial charge is 0.509 e. The van der Waals surface area contributed by atoms with Crippen LogP contribution >= 0.6 is 0 Å². The molecule has 0 aliphatic carbocycles. The number of carbonyl (C=O) groups excluding carboxylic acids is 1. The van der Waals surface area contributed by atoms with Crippen LogP contribution in [0.25, 0.3) is 0 Å². The van der Waals surface area contributed by atoms with Crippen molar-refractivity contribution in [3.8, 4) is 0 Å². The first kappa shape index (κ1) is 15.4. The topological polar surface area (TPSA) is 46.5 Å². The third kappa shape index (κ3) is 7.02. The molecule has 0 saturated carbocycles. The Morgan fingerprint density at radius 1 is 1.62 bits per heavy atom. The number of aliphatic hydroxyl groups excluding tert-OH is 1. The summed E-state index contributed by atoms with van der Waals surface area (Å²) in [5.74, 6) is -0.0603. The quantitative estimate of drug-likeness (QED) is 0.475. The molecule has 0 bridgehead atoms. The Balaban J connectivity index is 0. The predicted molar refractivity (Wildman–Crippen MR) is 47.1 cm³/mol. The van der Waals surface area contributed by atoms with Crippen LogP contribution in [-0.4, -0.2) is 24.1 Å². The molecule has 1 unspecified atom stereocenters. The zero-order valence-electron chi connectivity index (χ0n) is 8.13. The van der Waals surface area contributed by atoms with Gasteiger partial charge < -0.3 is 9.84 Å². The molecule has 0 aromatic carbocycles. The van der Waals surface area contributed by atoms with Gasteiger partial charge in [0, 0.05) is 42.0 Å². The number of carbonyl (C=O) groups is 1. The van der Waals surface area contributed by atoms with E-state index in [1.807, 2.05) is 6.92 Å². The number of methoxy groups -OCH3 is 1. The Kier molecular flexibility index (Phi) is 10.1.